The van der Waals surface area contributed by atoms with Crippen molar-refractivity contribution in [2.24, 2.45) is 0 Å². The van der Waals surface area contributed by atoms with Crippen LogP contribution in [0.2, 0.25) is 0 Å². The second-order valence-electron chi connectivity index (χ2n) is 6.60. The SMILES string of the molecule is CCOc1ccc(C(=O)COC(=O)c2cccc(S(=O)(=O)N(C)C(C)C)c2)cc1. The smallest absolute Gasteiger partial charge is 0.338 e. The maximum atomic E-state index is 12.6. The van der Waals surface area contributed by atoms with Gasteiger partial charge in [-0.05, 0) is 63.2 Å². The molecule has 0 amide bonds. The average Bonchev–Trinajstić information content (AvgIpc) is 2.71. The van der Waals surface area contributed by atoms with Gasteiger partial charge in [-0.15, -0.1) is 0 Å². The molecular formula is C21H25NO6S. The van der Waals surface area contributed by atoms with Crippen LogP contribution in [0.5, 0.6) is 5.75 Å². The van der Waals surface area contributed by atoms with Gasteiger partial charge in [-0.2, -0.15) is 4.31 Å². The van der Waals surface area contributed by atoms with Crippen molar-refractivity contribution in [3.8, 4) is 5.75 Å². The molecule has 0 aliphatic heterocycles. The van der Waals surface area contributed by atoms with E-state index in [1.54, 1.807) is 38.1 Å². The van der Waals surface area contributed by atoms with Crippen LogP contribution in [-0.2, 0) is 14.8 Å². The number of sulfonamides is 1. The minimum absolute atomic E-state index is 0.0130. The van der Waals surface area contributed by atoms with E-state index in [0.29, 0.717) is 17.9 Å². The van der Waals surface area contributed by atoms with Crippen molar-refractivity contribution in [2.75, 3.05) is 20.3 Å². The van der Waals surface area contributed by atoms with E-state index in [1.165, 1.54) is 35.6 Å². The number of Topliss-reactive ketones (excluding diaryl/α,β-unsaturated/α-hetero) is 1. The number of ketones is 1. The number of nitrogens with zero attached hydrogens (tertiary/aromatic N) is 1. The van der Waals surface area contributed by atoms with Crippen LogP contribution in [-0.4, -0.2) is 50.8 Å². The van der Waals surface area contributed by atoms with Crippen LogP contribution >= 0.6 is 0 Å². The summed E-state index contributed by atoms with van der Waals surface area (Å²) in [5.41, 5.74) is 0.443. The zero-order valence-corrected chi connectivity index (χ0v) is 17.7. The van der Waals surface area contributed by atoms with Gasteiger partial charge in [0.25, 0.3) is 0 Å². The summed E-state index contributed by atoms with van der Waals surface area (Å²) in [6, 6.07) is 11.8. The van der Waals surface area contributed by atoms with Gasteiger partial charge in [-0.1, -0.05) is 6.07 Å². The molecule has 2 aromatic rings. The van der Waals surface area contributed by atoms with Crippen LogP contribution in [0.15, 0.2) is 53.4 Å². The highest BCUT2D eigenvalue weighted by molar-refractivity contribution is 7.89. The maximum absolute atomic E-state index is 12.6. The van der Waals surface area contributed by atoms with Gasteiger partial charge in [-0.3, -0.25) is 4.79 Å². The molecule has 0 unspecified atom stereocenters. The first-order valence-corrected chi connectivity index (χ1v) is 10.6. The third kappa shape index (κ3) is 5.65. The third-order valence-electron chi connectivity index (χ3n) is 4.30. The summed E-state index contributed by atoms with van der Waals surface area (Å²) in [6.07, 6.45) is 0. The number of hydrogen-bond acceptors (Lipinski definition) is 6. The van der Waals surface area contributed by atoms with Crippen LogP contribution in [0.1, 0.15) is 41.5 Å². The monoisotopic (exact) mass is 419 g/mol. The Morgan fingerprint density at radius 3 is 2.28 bits per heavy atom. The van der Waals surface area contributed by atoms with Crippen molar-refractivity contribution in [3.63, 3.8) is 0 Å². The van der Waals surface area contributed by atoms with Gasteiger partial charge in [0.1, 0.15) is 5.75 Å². The molecule has 0 N–H and O–H groups in total. The van der Waals surface area contributed by atoms with Crippen molar-refractivity contribution in [2.45, 2.75) is 31.7 Å². The van der Waals surface area contributed by atoms with E-state index in [0.717, 1.165) is 0 Å². The Morgan fingerprint density at radius 1 is 1.03 bits per heavy atom. The first-order chi connectivity index (χ1) is 13.7. The van der Waals surface area contributed by atoms with E-state index in [4.69, 9.17) is 9.47 Å². The van der Waals surface area contributed by atoms with Crippen molar-refractivity contribution in [1.82, 2.24) is 4.31 Å². The average molecular weight is 419 g/mol. The van der Waals surface area contributed by atoms with E-state index < -0.39 is 22.6 Å². The number of hydrogen-bond donors (Lipinski definition) is 0. The summed E-state index contributed by atoms with van der Waals surface area (Å²) in [6.45, 7) is 5.44. The minimum Gasteiger partial charge on any atom is -0.494 e. The van der Waals surface area contributed by atoms with Crippen LogP contribution in [0.4, 0.5) is 0 Å². The standard InChI is InChI=1S/C21H25NO6S/c1-5-27-18-11-9-16(10-12-18)20(23)14-28-21(24)17-7-6-8-19(13-17)29(25,26)22(4)15(2)3/h6-13,15H,5,14H2,1-4H3. The van der Waals surface area contributed by atoms with E-state index in [9.17, 15) is 18.0 Å². The second-order valence-corrected chi connectivity index (χ2v) is 8.60. The molecule has 0 fully saturated rings. The molecule has 2 rings (SSSR count). The Morgan fingerprint density at radius 2 is 1.69 bits per heavy atom. The Hall–Kier alpha value is -2.71. The van der Waals surface area contributed by atoms with E-state index in [2.05, 4.69) is 0 Å². The molecule has 0 aliphatic rings. The first kappa shape index (κ1) is 22.6. The molecule has 0 saturated carbocycles. The topological polar surface area (TPSA) is 90.0 Å². The second kappa shape index (κ2) is 9.67. The van der Waals surface area contributed by atoms with Gasteiger partial charge in [0.05, 0.1) is 17.1 Å². The maximum Gasteiger partial charge on any atom is 0.338 e. The summed E-state index contributed by atoms with van der Waals surface area (Å²) < 4.78 is 36.8. The largest absolute Gasteiger partial charge is 0.494 e. The molecule has 7 nitrogen and oxygen atoms in total. The predicted octanol–water partition coefficient (Wildman–Crippen LogP) is 3.15. The molecule has 2 aromatic carbocycles. The van der Waals surface area contributed by atoms with Gasteiger partial charge >= 0.3 is 5.97 Å². The summed E-state index contributed by atoms with van der Waals surface area (Å²) in [4.78, 5) is 24.5. The van der Waals surface area contributed by atoms with Crippen LogP contribution in [0.3, 0.4) is 0 Å². The molecule has 0 spiro atoms. The number of esters is 1. The summed E-state index contributed by atoms with van der Waals surface area (Å²) in [5, 5.41) is 0. The molecular weight excluding hydrogens is 394 g/mol. The van der Waals surface area contributed by atoms with E-state index in [1.807, 2.05) is 6.92 Å². The highest BCUT2D eigenvalue weighted by atomic mass is 32.2. The normalized spacial score (nSPS) is 11.5. The van der Waals surface area contributed by atoms with Crippen LogP contribution < -0.4 is 4.74 Å². The zero-order valence-electron chi connectivity index (χ0n) is 16.9. The van der Waals surface area contributed by atoms with Crippen molar-refractivity contribution in [1.29, 1.82) is 0 Å². The lowest BCUT2D eigenvalue weighted by atomic mass is 10.1. The van der Waals surface area contributed by atoms with Gasteiger partial charge in [-0.25, -0.2) is 13.2 Å². The van der Waals surface area contributed by atoms with Crippen LogP contribution in [0, 0.1) is 0 Å². The molecule has 0 aromatic heterocycles. The lowest BCUT2D eigenvalue weighted by Crippen LogP contribution is -2.33. The number of carbonyl (C=O) groups is 2. The van der Waals surface area contributed by atoms with Crippen molar-refractivity contribution < 1.29 is 27.5 Å². The number of carbonyl (C=O) groups excluding carboxylic acids is 2. The van der Waals surface area contributed by atoms with E-state index in [-0.39, 0.29) is 22.3 Å². The zero-order chi connectivity index (χ0) is 21.6. The van der Waals surface area contributed by atoms with Crippen LogP contribution in [0.25, 0.3) is 0 Å². The third-order valence-corrected chi connectivity index (χ3v) is 6.33. The lowest BCUT2D eigenvalue weighted by Gasteiger charge is -2.21. The highest BCUT2D eigenvalue weighted by Crippen LogP contribution is 2.18. The molecule has 0 aliphatic carbocycles. The summed E-state index contributed by atoms with van der Waals surface area (Å²) in [5.74, 6) is -0.497. The molecule has 0 saturated heterocycles. The summed E-state index contributed by atoms with van der Waals surface area (Å²) >= 11 is 0. The quantitative estimate of drug-likeness (QED) is 0.458. The Bertz CT molecular complexity index is 967. The first-order valence-electron chi connectivity index (χ1n) is 9.18. The fraction of sp³-hybridized carbons (Fsp3) is 0.333. The fourth-order valence-corrected chi connectivity index (χ4v) is 3.84. The molecule has 0 bridgehead atoms. The van der Waals surface area contributed by atoms with Gasteiger partial charge in [0, 0.05) is 18.7 Å². The Labute approximate surface area is 171 Å². The predicted molar refractivity (Wildman–Crippen MR) is 109 cm³/mol. The van der Waals surface area contributed by atoms with Gasteiger partial charge in [0.2, 0.25) is 10.0 Å². The molecule has 156 valence electrons. The molecule has 0 heterocycles. The van der Waals surface area contributed by atoms with Crippen molar-refractivity contribution in [3.05, 3.63) is 59.7 Å². The Balaban J connectivity index is 2.07. The number of benzene rings is 2. The van der Waals surface area contributed by atoms with Crippen molar-refractivity contribution >= 4 is 21.8 Å². The lowest BCUT2D eigenvalue weighted by molar-refractivity contribution is 0.0474. The fourth-order valence-electron chi connectivity index (χ4n) is 2.43. The molecule has 0 radical (unpaired) electrons. The molecule has 29 heavy (non-hydrogen) atoms. The van der Waals surface area contributed by atoms with E-state index >= 15 is 0 Å². The number of rotatable bonds is 9. The highest BCUT2D eigenvalue weighted by Gasteiger charge is 2.24. The molecule has 0 atom stereocenters. The van der Waals surface area contributed by atoms with Gasteiger partial charge in [0.15, 0.2) is 12.4 Å². The Kier molecular flexibility index (Phi) is 7.53. The molecule has 8 heteroatoms. The van der Waals surface area contributed by atoms with Gasteiger partial charge < -0.3 is 9.47 Å². The minimum atomic E-state index is -3.73. The number of ether oxygens (including phenoxy) is 2. The summed E-state index contributed by atoms with van der Waals surface area (Å²) in [7, 11) is -2.26.